The molecule has 29 heavy (non-hydrogen) atoms. The van der Waals surface area contributed by atoms with Crippen LogP contribution in [0.3, 0.4) is 0 Å². The number of nitrogens with one attached hydrogen (secondary N) is 1. The zero-order valence-corrected chi connectivity index (χ0v) is 15.5. The number of nitrogens with zero attached hydrogens (tertiary/aromatic N) is 1. The Hall–Kier alpha value is -3.40. The Labute approximate surface area is 168 Å². The molecule has 1 fully saturated rings. The van der Waals surface area contributed by atoms with Gasteiger partial charge in [0.1, 0.15) is 22.8 Å². The Balaban J connectivity index is 1.93. The predicted molar refractivity (Wildman–Crippen MR) is 101 cm³/mol. The van der Waals surface area contributed by atoms with Crippen LogP contribution in [-0.4, -0.2) is 34.7 Å². The second-order valence-corrected chi connectivity index (χ2v) is 6.15. The largest absolute Gasteiger partial charge is 0.573 e. The maximum Gasteiger partial charge on any atom is 0.573 e. The Morgan fingerprint density at radius 3 is 2.62 bits per heavy atom. The van der Waals surface area contributed by atoms with Gasteiger partial charge in [-0.1, -0.05) is 18.2 Å². The highest BCUT2D eigenvalue weighted by Gasteiger charge is 2.34. The number of thiocarbonyl (C=S) groups is 1. The minimum absolute atomic E-state index is 0.0459. The SMILES string of the molecule is C=CCN1C(=O)C(=Cc2ccc(-c3ccccc3OC(F)(F)F)o2)C(=O)NC1=S. The highest BCUT2D eigenvalue weighted by molar-refractivity contribution is 7.80. The van der Waals surface area contributed by atoms with E-state index >= 15 is 0 Å². The van der Waals surface area contributed by atoms with Gasteiger partial charge in [0.2, 0.25) is 0 Å². The summed E-state index contributed by atoms with van der Waals surface area (Å²) >= 11 is 4.96. The van der Waals surface area contributed by atoms with Gasteiger partial charge in [-0.2, -0.15) is 0 Å². The van der Waals surface area contributed by atoms with Gasteiger partial charge in [-0.05, 0) is 42.6 Å². The van der Waals surface area contributed by atoms with Crippen molar-refractivity contribution >= 4 is 35.2 Å². The molecule has 0 spiro atoms. The van der Waals surface area contributed by atoms with E-state index in [-0.39, 0.29) is 34.3 Å². The molecule has 1 aliphatic heterocycles. The molecular formula is C19H13F3N2O4S. The van der Waals surface area contributed by atoms with Crippen molar-refractivity contribution in [2.75, 3.05) is 6.54 Å². The number of ether oxygens (including phenoxy) is 1. The molecule has 0 atom stereocenters. The van der Waals surface area contributed by atoms with Crippen molar-refractivity contribution in [3.63, 3.8) is 0 Å². The summed E-state index contributed by atoms with van der Waals surface area (Å²) in [5.74, 6) is -1.63. The van der Waals surface area contributed by atoms with Crippen molar-refractivity contribution in [1.82, 2.24) is 10.2 Å². The maximum absolute atomic E-state index is 12.6. The molecule has 1 aromatic heterocycles. The molecule has 1 aliphatic rings. The number of carbonyl (C=O) groups is 2. The number of amides is 2. The zero-order chi connectivity index (χ0) is 21.2. The molecule has 150 valence electrons. The van der Waals surface area contributed by atoms with Gasteiger partial charge in [-0.3, -0.25) is 19.8 Å². The van der Waals surface area contributed by atoms with E-state index < -0.39 is 23.9 Å². The summed E-state index contributed by atoms with van der Waals surface area (Å²) in [6.07, 6.45) is -2.23. The van der Waals surface area contributed by atoms with Gasteiger partial charge in [0, 0.05) is 6.54 Å². The van der Waals surface area contributed by atoms with Crippen molar-refractivity contribution in [3.8, 4) is 17.1 Å². The number of carbonyl (C=O) groups excluding carboxylic acids is 2. The van der Waals surface area contributed by atoms with Crippen molar-refractivity contribution in [1.29, 1.82) is 0 Å². The molecule has 0 aliphatic carbocycles. The van der Waals surface area contributed by atoms with Crippen LogP contribution in [0, 0.1) is 0 Å². The molecule has 0 unspecified atom stereocenters. The first-order valence-corrected chi connectivity index (χ1v) is 8.55. The van der Waals surface area contributed by atoms with Gasteiger partial charge >= 0.3 is 6.36 Å². The highest BCUT2D eigenvalue weighted by Crippen LogP contribution is 2.35. The fourth-order valence-electron chi connectivity index (χ4n) is 2.59. The number of hydrogen-bond donors (Lipinski definition) is 1. The number of alkyl halides is 3. The average molecular weight is 422 g/mol. The zero-order valence-electron chi connectivity index (χ0n) is 14.7. The van der Waals surface area contributed by atoms with Gasteiger partial charge in [0.05, 0.1) is 5.56 Å². The molecule has 10 heteroatoms. The fourth-order valence-corrected chi connectivity index (χ4v) is 2.84. The summed E-state index contributed by atoms with van der Waals surface area (Å²) in [5, 5.41) is 2.34. The second-order valence-electron chi connectivity index (χ2n) is 5.77. The molecule has 0 bridgehead atoms. The third-order valence-electron chi connectivity index (χ3n) is 3.79. The number of hydrogen-bond acceptors (Lipinski definition) is 5. The number of rotatable bonds is 5. The quantitative estimate of drug-likeness (QED) is 0.345. The summed E-state index contributed by atoms with van der Waals surface area (Å²) in [6, 6.07) is 8.26. The van der Waals surface area contributed by atoms with Crippen LogP contribution in [0.1, 0.15) is 5.76 Å². The first-order chi connectivity index (χ1) is 13.7. The van der Waals surface area contributed by atoms with Gasteiger partial charge in [0.25, 0.3) is 11.8 Å². The summed E-state index contributed by atoms with van der Waals surface area (Å²) < 4.78 is 47.3. The maximum atomic E-state index is 12.6. The van der Waals surface area contributed by atoms with E-state index in [0.717, 1.165) is 11.0 Å². The highest BCUT2D eigenvalue weighted by atomic mass is 32.1. The second kappa shape index (κ2) is 7.92. The third-order valence-corrected chi connectivity index (χ3v) is 4.11. The molecule has 1 aromatic carbocycles. The van der Waals surface area contributed by atoms with E-state index in [0.29, 0.717) is 0 Å². The Morgan fingerprint density at radius 2 is 1.93 bits per heavy atom. The van der Waals surface area contributed by atoms with Crippen molar-refractivity contribution in [2.45, 2.75) is 6.36 Å². The minimum atomic E-state index is -4.87. The van der Waals surface area contributed by atoms with Gasteiger partial charge < -0.3 is 9.15 Å². The van der Waals surface area contributed by atoms with E-state index in [1.165, 1.54) is 42.5 Å². The van der Waals surface area contributed by atoms with Crippen LogP contribution in [-0.2, 0) is 9.59 Å². The van der Waals surface area contributed by atoms with Crippen LogP contribution >= 0.6 is 12.2 Å². The summed E-state index contributed by atoms with van der Waals surface area (Å²) in [4.78, 5) is 25.8. The van der Waals surface area contributed by atoms with Gasteiger partial charge in [-0.25, -0.2) is 0 Å². The fraction of sp³-hybridized carbons (Fsp3) is 0.105. The van der Waals surface area contributed by atoms with Crippen molar-refractivity contribution in [2.24, 2.45) is 0 Å². The van der Waals surface area contributed by atoms with Crippen LogP contribution in [0.2, 0.25) is 0 Å². The van der Waals surface area contributed by atoms with Crippen molar-refractivity contribution in [3.05, 3.63) is 60.4 Å². The predicted octanol–water partition coefficient (Wildman–Crippen LogP) is 3.66. The van der Waals surface area contributed by atoms with Crippen LogP contribution in [0.5, 0.6) is 5.75 Å². The van der Waals surface area contributed by atoms with E-state index in [9.17, 15) is 22.8 Å². The number of halogens is 3. The molecule has 2 amide bonds. The lowest BCUT2D eigenvalue weighted by Gasteiger charge is -2.27. The van der Waals surface area contributed by atoms with Crippen LogP contribution in [0.15, 0.2) is 59.0 Å². The lowest BCUT2D eigenvalue weighted by molar-refractivity contribution is -0.274. The molecule has 0 radical (unpaired) electrons. The average Bonchev–Trinajstić information content (AvgIpc) is 3.10. The smallest absolute Gasteiger partial charge is 0.457 e. The van der Waals surface area contributed by atoms with Crippen LogP contribution in [0.4, 0.5) is 13.2 Å². The van der Waals surface area contributed by atoms with E-state index in [2.05, 4.69) is 16.6 Å². The first kappa shape index (κ1) is 20.3. The first-order valence-electron chi connectivity index (χ1n) is 8.14. The monoisotopic (exact) mass is 422 g/mol. The minimum Gasteiger partial charge on any atom is -0.457 e. The van der Waals surface area contributed by atoms with E-state index in [1.807, 2.05) is 0 Å². The standard InChI is InChI=1S/C19H13F3N2O4S/c1-2-9-24-17(26)13(16(25)23-18(24)29)10-11-7-8-14(27-11)12-5-3-4-6-15(12)28-19(20,21)22/h2-8,10H,1,9H2,(H,23,25,29). The molecule has 6 nitrogen and oxygen atoms in total. The molecule has 1 N–H and O–H groups in total. The number of benzene rings is 1. The molecule has 2 heterocycles. The molecule has 1 saturated heterocycles. The lowest BCUT2D eigenvalue weighted by atomic mass is 10.1. The van der Waals surface area contributed by atoms with E-state index in [4.69, 9.17) is 16.6 Å². The molecular weight excluding hydrogens is 409 g/mol. The number of para-hydroxylation sites is 1. The summed E-state index contributed by atoms with van der Waals surface area (Å²) in [6.45, 7) is 3.62. The Morgan fingerprint density at radius 1 is 1.21 bits per heavy atom. The van der Waals surface area contributed by atoms with E-state index in [1.54, 1.807) is 0 Å². The van der Waals surface area contributed by atoms with Crippen molar-refractivity contribution < 1.29 is 31.9 Å². The van der Waals surface area contributed by atoms with Gasteiger partial charge in [-0.15, -0.1) is 19.8 Å². The lowest BCUT2D eigenvalue weighted by Crippen LogP contribution is -2.53. The third kappa shape index (κ3) is 4.54. The number of furan rings is 1. The van der Waals surface area contributed by atoms with Crippen LogP contribution in [0.25, 0.3) is 17.4 Å². The topological polar surface area (TPSA) is 71.8 Å². The van der Waals surface area contributed by atoms with Crippen LogP contribution < -0.4 is 10.1 Å². The Kier molecular flexibility index (Phi) is 5.55. The van der Waals surface area contributed by atoms with Gasteiger partial charge in [0.15, 0.2) is 5.11 Å². The summed E-state index contributed by atoms with van der Waals surface area (Å²) in [7, 11) is 0. The molecule has 0 saturated carbocycles. The summed E-state index contributed by atoms with van der Waals surface area (Å²) in [5.41, 5.74) is -0.176. The molecule has 3 rings (SSSR count). The normalized spacial score (nSPS) is 16.2. The molecule has 2 aromatic rings. The Bertz CT molecular complexity index is 1030.